The lowest BCUT2D eigenvalue weighted by atomic mass is 10.3. The van der Waals surface area contributed by atoms with E-state index < -0.39 is 22.9 Å². The van der Waals surface area contributed by atoms with Gasteiger partial charge >= 0.3 is 5.69 Å². The number of nitrogens with zero attached hydrogens (tertiary/aromatic N) is 2. The molecule has 0 aliphatic carbocycles. The summed E-state index contributed by atoms with van der Waals surface area (Å²) >= 11 is 0. The van der Waals surface area contributed by atoms with Crippen molar-refractivity contribution in [2.75, 3.05) is 0 Å². The predicted molar refractivity (Wildman–Crippen MR) is 57.3 cm³/mol. The Morgan fingerprint density at radius 3 is 2.61 bits per heavy atom. The van der Waals surface area contributed by atoms with Crippen molar-refractivity contribution in [1.82, 2.24) is 9.55 Å². The fourth-order valence-corrected chi connectivity index (χ4v) is 1.41. The van der Waals surface area contributed by atoms with Gasteiger partial charge in [-0.2, -0.15) is 5.26 Å². The van der Waals surface area contributed by atoms with Crippen LogP contribution in [0.15, 0.2) is 34.0 Å². The minimum Gasteiger partial charge on any atom is -0.273 e. The molecule has 18 heavy (non-hydrogen) atoms. The molecule has 2 aromatic rings. The van der Waals surface area contributed by atoms with Gasteiger partial charge in [-0.15, -0.1) is 0 Å². The van der Waals surface area contributed by atoms with Crippen LogP contribution in [0.25, 0.3) is 5.69 Å². The van der Waals surface area contributed by atoms with E-state index in [1.54, 1.807) is 6.07 Å². The number of nitriles is 1. The van der Waals surface area contributed by atoms with Crippen LogP contribution in [0.4, 0.5) is 8.78 Å². The van der Waals surface area contributed by atoms with E-state index in [9.17, 15) is 18.4 Å². The first-order chi connectivity index (χ1) is 8.52. The van der Waals surface area contributed by atoms with E-state index in [0.29, 0.717) is 6.07 Å². The summed E-state index contributed by atoms with van der Waals surface area (Å²) in [6.07, 6.45) is 0.900. The van der Waals surface area contributed by atoms with Crippen molar-refractivity contribution < 1.29 is 8.78 Å². The molecule has 0 spiro atoms. The van der Waals surface area contributed by atoms with Gasteiger partial charge in [-0.1, -0.05) is 0 Å². The molecule has 0 fully saturated rings. The van der Waals surface area contributed by atoms with Crippen LogP contribution in [-0.2, 0) is 0 Å². The van der Waals surface area contributed by atoms with Crippen molar-refractivity contribution in [2.45, 2.75) is 0 Å². The van der Waals surface area contributed by atoms with Crippen LogP contribution in [-0.4, -0.2) is 9.55 Å². The van der Waals surface area contributed by atoms with E-state index in [-0.39, 0.29) is 11.3 Å². The summed E-state index contributed by atoms with van der Waals surface area (Å²) in [6.45, 7) is 0. The number of aromatic nitrogens is 2. The Labute approximate surface area is 98.5 Å². The number of nitrogens with one attached hydrogen (secondary N) is 1. The molecule has 0 aliphatic rings. The van der Waals surface area contributed by atoms with Gasteiger partial charge in [0, 0.05) is 12.3 Å². The van der Waals surface area contributed by atoms with Crippen LogP contribution in [0.1, 0.15) is 5.56 Å². The number of aromatic amines is 1. The zero-order chi connectivity index (χ0) is 13.3. The molecule has 5 nitrogen and oxygen atoms in total. The minimum atomic E-state index is -0.979. The van der Waals surface area contributed by atoms with Gasteiger partial charge in [-0.3, -0.25) is 14.3 Å². The minimum absolute atomic E-state index is 0.255. The van der Waals surface area contributed by atoms with Gasteiger partial charge in [-0.25, -0.2) is 13.6 Å². The Morgan fingerprint density at radius 1 is 1.28 bits per heavy atom. The van der Waals surface area contributed by atoms with Gasteiger partial charge in [0.05, 0.1) is 5.69 Å². The molecular weight excluding hydrogens is 244 g/mol. The maximum atomic E-state index is 13.5. The van der Waals surface area contributed by atoms with Crippen molar-refractivity contribution in [3.05, 3.63) is 62.4 Å². The summed E-state index contributed by atoms with van der Waals surface area (Å²) in [7, 11) is 0. The van der Waals surface area contributed by atoms with Crippen molar-refractivity contribution in [1.29, 1.82) is 5.26 Å². The second-order valence-electron chi connectivity index (χ2n) is 3.38. The summed E-state index contributed by atoms with van der Waals surface area (Å²) in [5, 5.41) is 8.65. The topological polar surface area (TPSA) is 78.7 Å². The van der Waals surface area contributed by atoms with E-state index in [1.165, 1.54) is 0 Å². The summed E-state index contributed by atoms with van der Waals surface area (Å²) in [4.78, 5) is 24.5. The van der Waals surface area contributed by atoms with E-state index in [4.69, 9.17) is 5.26 Å². The highest BCUT2D eigenvalue weighted by Crippen LogP contribution is 2.12. The van der Waals surface area contributed by atoms with Gasteiger partial charge in [-0.05, 0) is 12.1 Å². The molecule has 0 radical (unpaired) electrons. The van der Waals surface area contributed by atoms with E-state index in [0.717, 1.165) is 22.9 Å². The Morgan fingerprint density at radius 2 is 2.00 bits per heavy atom. The Bertz CT molecular complexity index is 771. The molecule has 1 N–H and O–H groups in total. The van der Waals surface area contributed by atoms with Gasteiger partial charge in [0.2, 0.25) is 0 Å². The van der Waals surface area contributed by atoms with Crippen LogP contribution in [0.2, 0.25) is 0 Å². The van der Waals surface area contributed by atoms with Crippen LogP contribution in [0.5, 0.6) is 0 Å². The monoisotopic (exact) mass is 249 g/mol. The van der Waals surface area contributed by atoms with Crippen LogP contribution in [0.3, 0.4) is 0 Å². The van der Waals surface area contributed by atoms with Crippen molar-refractivity contribution in [3.8, 4) is 11.8 Å². The van der Waals surface area contributed by atoms with Gasteiger partial charge in [0.25, 0.3) is 5.56 Å². The van der Waals surface area contributed by atoms with Crippen LogP contribution < -0.4 is 11.2 Å². The van der Waals surface area contributed by atoms with Crippen molar-refractivity contribution >= 4 is 0 Å². The van der Waals surface area contributed by atoms with E-state index in [2.05, 4.69) is 0 Å². The lowest BCUT2D eigenvalue weighted by Gasteiger charge is -2.06. The first-order valence-corrected chi connectivity index (χ1v) is 4.74. The third-order valence-corrected chi connectivity index (χ3v) is 2.23. The molecule has 1 aromatic heterocycles. The SMILES string of the molecule is N#Cc1cn(-c2ccc(F)cc2F)c(=O)[nH]c1=O. The number of rotatable bonds is 1. The molecule has 1 aromatic carbocycles. The molecule has 0 saturated carbocycles. The smallest absolute Gasteiger partial charge is 0.273 e. The molecule has 1 heterocycles. The van der Waals surface area contributed by atoms with Gasteiger partial charge < -0.3 is 0 Å². The average molecular weight is 249 g/mol. The quantitative estimate of drug-likeness (QED) is 0.806. The Balaban J connectivity index is 2.76. The molecule has 0 atom stereocenters. The highest BCUT2D eigenvalue weighted by molar-refractivity contribution is 5.35. The molecule has 7 heteroatoms. The second-order valence-corrected chi connectivity index (χ2v) is 3.38. The maximum Gasteiger partial charge on any atom is 0.333 e. The zero-order valence-corrected chi connectivity index (χ0v) is 8.78. The first-order valence-electron chi connectivity index (χ1n) is 4.74. The summed E-state index contributed by atoms with van der Waals surface area (Å²) < 4.78 is 26.9. The number of halogens is 2. The normalized spacial score (nSPS) is 10.1. The fourth-order valence-electron chi connectivity index (χ4n) is 1.41. The van der Waals surface area contributed by atoms with Crippen LogP contribution >= 0.6 is 0 Å². The lowest BCUT2D eigenvalue weighted by Crippen LogP contribution is -2.30. The first kappa shape index (κ1) is 11.7. The fraction of sp³-hybridized carbons (Fsp3) is 0. The predicted octanol–water partition coefficient (Wildman–Crippen LogP) is 0.676. The van der Waals surface area contributed by atoms with Crippen molar-refractivity contribution in [3.63, 3.8) is 0 Å². The van der Waals surface area contributed by atoms with Gasteiger partial charge in [0.15, 0.2) is 0 Å². The third-order valence-electron chi connectivity index (χ3n) is 2.23. The number of hydrogen-bond acceptors (Lipinski definition) is 3. The standard InChI is InChI=1S/C11H5F2N3O2/c12-7-1-2-9(8(13)3-7)16-5-6(4-14)10(17)15-11(16)18/h1-3,5H,(H,15,17,18). The maximum absolute atomic E-state index is 13.5. The zero-order valence-electron chi connectivity index (χ0n) is 8.78. The van der Waals surface area contributed by atoms with Crippen molar-refractivity contribution in [2.24, 2.45) is 0 Å². The molecule has 0 bridgehead atoms. The second kappa shape index (κ2) is 4.25. The Hall–Kier alpha value is -2.75. The molecule has 0 amide bonds. The third kappa shape index (κ3) is 1.91. The molecule has 0 unspecified atom stereocenters. The molecule has 0 aliphatic heterocycles. The average Bonchev–Trinajstić information content (AvgIpc) is 2.30. The number of benzene rings is 1. The molecule has 2 rings (SSSR count). The summed E-state index contributed by atoms with van der Waals surface area (Å²) in [6, 6.07) is 4.15. The molecular formula is C11H5F2N3O2. The van der Waals surface area contributed by atoms with Crippen LogP contribution in [0, 0.1) is 23.0 Å². The molecule has 0 saturated heterocycles. The number of H-pyrrole nitrogens is 1. The highest BCUT2D eigenvalue weighted by Gasteiger charge is 2.10. The van der Waals surface area contributed by atoms with E-state index >= 15 is 0 Å². The molecule has 90 valence electrons. The lowest BCUT2D eigenvalue weighted by molar-refractivity contribution is 0.575. The number of hydrogen-bond donors (Lipinski definition) is 1. The largest absolute Gasteiger partial charge is 0.333 e. The van der Waals surface area contributed by atoms with E-state index in [1.807, 2.05) is 4.98 Å². The highest BCUT2D eigenvalue weighted by atomic mass is 19.1. The Kier molecular flexibility index (Phi) is 2.77. The summed E-state index contributed by atoms with van der Waals surface area (Å²) in [5.41, 5.74) is -2.38. The summed E-state index contributed by atoms with van der Waals surface area (Å²) in [5.74, 6) is -1.78. The van der Waals surface area contributed by atoms with Gasteiger partial charge in [0.1, 0.15) is 23.3 Å².